The monoisotopic (exact) mass is 437 g/mol. The van der Waals surface area contributed by atoms with Crippen LogP contribution in [0.5, 0.6) is 0 Å². The maximum absolute atomic E-state index is 13.2. The van der Waals surface area contributed by atoms with E-state index in [-0.39, 0.29) is 5.56 Å². The number of hydrogen-bond donors (Lipinski definition) is 1. The number of nitro benzene ring substituents is 1. The van der Waals surface area contributed by atoms with Crippen molar-refractivity contribution in [3.8, 4) is 0 Å². The third-order valence-electron chi connectivity index (χ3n) is 4.24. The molecular formula is C18H14F3N5O5. The molecule has 0 bridgehead atoms. The first-order valence-electron chi connectivity index (χ1n) is 8.66. The molecule has 10 nitrogen and oxygen atoms in total. The van der Waals surface area contributed by atoms with Gasteiger partial charge in [0, 0.05) is 18.3 Å². The normalized spacial score (nSPS) is 12.4. The van der Waals surface area contributed by atoms with Crippen molar-refractivity contribution in [3.05, 3.63) is 63.6 Å². The fourth-order valence-corrected chi connectivity index (χ4v) is 2.63. The second-order valence-electron chi connectivity index (χ2n) is 6.41. The van der Waals surface area contributed by atoms with Crippen molar-refractivity contribution in [1.82, 2.24) is 14.6 Å². The highest BCUT2D eigenvalue weighted by Gasteiger charge is 2.36. The number of aryl methyl sites for hydroxylation is 1. The lowest BCUT2D eigenvalue weighted by Crippen LogP contribution is -2.31. The first-order valence-corrected chi connectivity index (χ1v) is 8.66. The smallest absolute Gasteiger partial charge is 0.418 e. The molecule has 1 N–H and O–H groups in total. The molecular weight excluding hydrogens is 423 g/mol. The quantitative estimate of drug-likeness (QED) is 0.369. The van der Waals surface area contributed by atoms with Crippen molar-refractivity contribution < 1.29 is 32.4 Å². The number of hydrogen-bond acceptors (Lipinski definition) is 7. The van der Waals surface area contributed by atoms with Crippen LogP contribution in [0.4, 0.5) is 24.5 Å². The molecule has 0 spiro atoms. The summed E-state index contributed by atoms with van der Waals surface area (Å²) in [5.41, 5.74) is -2.34. The van der Waals surface area contributed by atoms with Crippen LogP contribution in [0.15, 0.2) is 36.5 Å². The molecule has 0 aliphatic heterocycles. The fourth-order valence-electron chi connectivity index (χ4n) is 2.63. The van der Waals surface area contributed by atoms with E-state index in [1.54, 1.807) is 6.92 Å². The number of carbonyl (C=O) groups is 2. The third kappa shape index (κ3) is 4.60. The van der Waals surface area contributed by atoms with Crippen LogP contribution < -0.4 is 5.32 Å². The Morgan fingerprint density at radius 1 is 1.23 bits per heavy atom. The van der Waals surface area contributed by atoms with E-state index in [1.807, 2.05) is 5.32 Å². The second kappa shape index (κ2) is 8.01. The SMILES string of the molecule is Cc1nnc2ccc(C(=O)OC(C)C(=O)Nc3ccc([N+](=O)[O-])cc3C(F)(F)F)cn12. The van der Waals surface area contributed by atoms with Crippen LogP contribution in [0.3, 0.4) is 0 Å². The van der Waals surface area contributed by atoms with Gasteiger partial charge < -0.3 is 10.1 Å². The largest absolute Gasteiger partial charge is 0.449 e. The van der Waals surface area contributed by atoms with Gasteiger partial charge in [0.2, 0.25) is 0 Å². The number of fused-ring (bicyclic) bond motifs is 1. The summed E-state index contributed by atoms with van der Waals surface area (Å²) >= 11 is 0. The highest BCUT2D eigenvalue weighted by atomic mass is 19.4. The maximum Gasteiger partial charge on any atom is 0.418 e. The number of rotatable bonds is 5. The number of nitrogens with zero attached hydrogens (tertiary/aromatic N) is 4. The molecule has 13 heteroatoms. The number of ether oxygens (including phenoxy) is 1. The van der Waals surface area contributed by atoms with Crippen molar-refractivity contribution in [2.45, 2.75) is 26.1 Å². The number of alkyl halides is 3. The lowest BCUT2D eigenvalue weighted by molar-refractivity contribution is -0.385. The molecule has 0 aliphatic rings. The molecule has 2 heterocycles. The molecule has 0 aliphatic carbocycles. The molecule has 3 aromatic rings. The third-order valence-corrected chi connectivity index (χ3v) is 4.24. The predicted molar refractivity (Wildman–Crippen MR) is 99.3 cm³/mol. The predicted octanol–water partition coefficient (Wildman–Crippen LogP) is 3.15. The number of carbonyl (C=O) groups excluding carboxylic acids is 2. The van der Waals surface area contributed by atoms with Crippen LogP contribution in [0.25, 0.3) is 5.65 Å². The zero-order chi connectivity index (χ0) is 22.9. The van der Waals surface area contributed by atoms with Gasteiger partial charge in [-0.2, -0.15) is 13.2 Å². The first-order chi connectivity index (χ1) is 14.5. The summed E-state index contributed by atoms with van der Waals surface area (Å²) in [6.45, 7) is 2.84. The number of aromatic nitrogens is 3. The molecule has 2 aromatic heterocycles. The fraction of sp³-hybridized carbons (Fsp3) is 0.222. The molecule has 0 fully saturated rings. The number of pyridine rings is 1. The Kier molecular flexibility index (Phi) is 5.60. The summed E-state index contributed by atoms with van der Waals surface area (Å²) in [5.74, 6) is -1.43. The van der Waals surface area contributed by atoms with Crippen LogP contribution in [0.1, 0.15) is 28.7 Å². The van der Waals surface area contributed by atoms with Crippen molar-refractivity contribution in [2.24, 2.45) is 0 Å². The Morgan fingerprint density at radius 3 is 2.58 bits per heavy atom. The average Bonchev–Trinajstić information content (AvgIpc) is 3.07. The maximum atomic E-state index is 13.2. The van der Waals surface area contributed by atoms with Gasteiger partial charge in [-0.1, -0.05) is 0 Å². The lowest BCUT2D eigenvalue weighted by atomic mass is 10.1. The van der Waals surface area contributed by atoms with Crippen molar-refractivity contribution in [2.75, 3.05) is 5.32 Å². The Labute approximate surface area is 171 Å². The summed E-state index contributed by atoms with van der Waals surface area (Å²) in [4.78, 5) is 34.4. The molecule has 1 aromatic carbocycles. The molecule has 1 atom stereocenters. The number of nitrogens with one attached hydrogen (secondary N) is 1. The van der Waals surface area contributed by atoms with Gasteiger partial charge in [0.05, 0.1) is 21.7 Å². The van der Waals surface area contributed by atoms with E-state index in [1.165, 1.54) is 29.7 Å². The Hall–Kier alpha value is -4.03. The van der Waals surface area contributed by atoms with Gasteiger partial charge in [0.15, 0.2) is 11.8 Å². The summed E-state index contributed by atoms with van der Waals surface area (Å²) in [7, 11) is 0. The number of nitro groups is 1. The lowest BCUT2D eigenvalue weighted by Gasteiger charge is -2.17. The minimum absolute atomic E-state index is 0.0707. The summed E-state index contributed by atoms with van der Waals surface area (Å²) in [6.07, 6.45) is -5.02. The number of amides is 1. The summed E-state index contributed by atoms with van der Waals surface area (Å²) in [6, 6.07) is 4.79. The topological polar surface area (TPSA) is 129 Å². The number of non-ortho nitro benzene ring substituents is 1. The van der Waals surface area contributed by atoms with E-state index in [0.717, 1.165) is 12.1 Å². The van der Waals surface area contributed by atoms with Crippen LogP contribution >= 0.6 is 0 Å². The highest BCUT2D eigenvalue weighted by Crippen LogP contribution is 2.37. The van der Waals surface area contributed by atoms with Gasteiger partial charge >= 0.3 is 12.1 Å². The molecule has 0 radical (unpaired) electrons. The van der Waals surface area contributed by atoms with Crippen molar-refractivity contribution in [1.29, 1.82) is 0 Å². The van der Waals surface area contributed by atoms with Gasteiger partial charge in [-0.05, 0) is 32.0 Å². The minimum atomic E-state index is -4.96. The van der Waals surface area contributed by atoms with E-state index < -0.39 is 46.0 Å². The zero-order valence-corrected chi connectivity index (χ0v) is 16.0. The molecule has 3 rings (SSSR count). The van der Waals surface area contributed by atoms with Crippen LogP contribution in [0, 0.1) is 17.0 Å². The van der Waals surface area contributed by atoms with E-state index >= 15 is 0 Å². The Morgan fingerprint density at radius 2 is 1.94 bits per heavy atom. The zero-order valence-electron chi connectivity index (χ0n) is 16.0. The molecule has 162 valence electrons. The van der Waals surface area contributed by atoms with Crippen LogP contribution in [-0.2, 0) is 15.7 Å². The second-order valence-corrected chi connectivity index (χ2v) is 6.41. The number of esters is 1. The Balaban J connectivity index is 1.76. The first kappa shape index (κ1) is 21.7. The van der Waals surface area contributed by atoms with Crippen LogP contribution in [-0.4, -0.2) is 37.5 Å². The minimum Gasteiger partial charge on any atom is -0.449 e. The number of halogens is 3. The number of anilines is 1. The van der Waals surface area contributed by atoms with E-state index in [2.05, 4.69) is 10.2 Å². The van der Waals surface area contributed by atoms with E-state index in [0.29, 0.717) is 17.5 Å². The highest BCUT2D eigenvalue weighted by molar-refractivity contribution is 5.98. The van der Waals surface area contributed by atoms with Crippen molar-refractivity contribution >= 4 is 28.9 Å². The summed E-state index contributed by atoms with van der Waals surface area (Å²) < 4.78 is 46.3. The molecule has 31 heavy (non-hydrogen) atoms. The van der Waals surface area contributed by atoms with Gasteiger partial charge in [-0.15, -0.1) is 10.2 Å². The van der Waals surface area contributed by atoms with Gasteiger partial charge in [-0.25, -0.2) is 4.79 Å². The van der Waals surface area contributed by atoms with E-state index in [4.69, 9.17) is 4.74 Å². The average molecular weight is 437 g/mol. The number of benzene rings is 1. The molecule has 1 unspecified atom stereocenters. The summed E-state index contributed by atoms with van der Waals surface area (Å²) in [5, 5.41) is 20.4. The molecule has 0 saturated heterocycles. The molecule has 0 saturated carbocycles. The van der Waals surface area contributed by atoms with Gasteiger partial charge in [0.1, 0.15) is 5.82 Å². The van der Waals surface area contributed by atoms with Crippen molar-refractivity contribution in [3.63, 3.8) is 0 Å². The molecule has 1 amide bonds. The van der Waals surface area contributed by atoms with Gasteiger partial charge in [-0.3, -0.25) is 19.3 Å². The van der Waals surface area contributed by atoms with E-state index in [9.17, 15) is 32.9 Å². The standard InChI is InChI=1S/C18H14F3N5O5/c1-9(31-17(28)11-3-6-15-24-23-10(2)25(15)8-11)16(27)22-14-5-4-12(26(29)30)7-13(14)18(19,20)21/h3-9H,1-2H3,(H,22,27). The van der Waals surface area contributed by atoms with Gasteiger partial charge in [0.25, 0.3) is 11.6 Å². The van der Waals surface area contributed by atoms with Crippen LogP contribution in [0.2, 0.25) is 0 Å². The Bertz CT molecular complexity index is 1190.